The molecule has 136 valence electrons. The van der Waals surface area contributed by atoms with Gasteiger partial charge in [-0.3, -0.25) is 9.59 Å². The van der Waals surface area contributed by atoms with Crippen LogP contribution in [0.3, 0.4) is 0 Å². The first-order valence-electron chi connectivity index (χ1n) is 8.95. The second-order valence-electron chi connectivity index (χ2n) is 6.68. The first-order chi connectivity index (χ1) is 12.5. The SMILES string of the molecule is Cc1cccc(CCC(=O)N2CCN(C(=O)c3ccccc3O)CC2)c1. The molecule has 0 bridgehead atoms. The van der Waals surface area contributed by atoms with Crippen LogP contribution in [0.15, 0.2) is 48.5 Å². The molecule has 1 aliphatic rings. The van der Waals surface area contributed by atoms with Gasteiger partial charge in [0.2, 0.25) is 5.91 Å². The quantitative estimate of drug-likeness (QED) is 0.920. The van der Waals surface area contributed by atoms with Crippen molar-refractivity contribution < 1.29 is 14.7 Å². The Kier molecular flexibility index (Phi) is 5.56. The molecule has 0 radical (unpaired) electrons. The standard InChI is InChI=1S/C21H24N2O3/c1-16-5-4-6-17(15-16)9-10-20(25)22-11-13-23(14-12-22)21(26)18-7-2-3-8-19(18)24/h2-8,15,24H,9-14H2,1H3. The molecule has 26 heavy (non-hydrogen) atoms. The molecule has 1 aliphatic heterocycles. The number of aromatic hydroxyl groups is 1. The first-order valence-corrected chi connectivity index (χ1v) is 8.95. The fourth-order valence-electron chi connectivity index (χ4n) is 3.26. The molecule has 3 rings (SSSR count). The smallest absolute Gasteiger partial charge is 0.257 e. The summed E-state index contributed by atoms with van der Waals surface area (Å²) < 4.78 is 0. The molecule has 0 atom stereocenters. The lowest BCUT2D eigenvalue weighted by Gasteiger charge is -2.35. The Bertz CT molecular complexity index is 795. The molecule has 5 nitrogen and oxygen atoms in total. The summed E-state index contributed by atoms with van der Waals surface area (Å²) in [4.78, 5) is 28.5. The third-order valence-electron chi connectivity index (χ3n) is 4.76. The van der Waals surface area contributed by atoms with Crippen LogP contribution in [0, 0.1) is 6.92 Å². The number of phenols is 1. The Hall–Kier alpha value is -2.82. The summed E-state index contributed by atoms with van der Waals surface area (Å²) in [5.41, 5.74) is 2.68. The average molecular weight is 352 g/mol. The van der Waals surface area contributed by atoms with E-state index in [1.54, 1.807) is 23.1 Å². The topological polar surface area (TPSA) is 60.9 Å². The van der Waals surface area contributed by atoms with Gasteiger partial charge in [0, 0.05) is 32.6 Å². The molecule has 5 heteroatoms. The van der Waals surface area contributed by atoms with Crippen LogP contribution in [0.5, 0.6) is 5.75 Å². The fourth-order valence-corrected chi connectivity index (χ4v) is 3.26. The summed E-state index contributed by atoms with van der Waals surface area (Å²) in [5.74, 6) is -0.0646. The van der Waals surface area contributed by atoms with E-state index in [1.807, 2.05) is 30.0 Å². The number of amides is 2. The molecule has 1 fully saturated rings. The molecule has 1 N–H and O–H groups in total. The zero-order valence-corrected chi connectivity index (χ0v) is 15.0. The van der Waals surface area contributed by atoms with Gasteiger partial charge in [0.25, 0.3) is 5.91 Å². The maximum Gasteiger partial charge on any atom is 0.257 e. The zero-order chi connectivity index (χ0) is 18.5. The average Bonchev–Trinajstić information content (AvgIpc) is 2.66. The second-order valence-corrected chi connectivity index (χ2v) is 6.68. The second kappa shape index (κ2) is 8.04. The molecule has 0 unspecified atom stereocenters. The van der Waals surface area contributed by atoms with Crippen molar-refractivity contribution in [2.45, 2.75) is 19.8 Å². The number of hydrogen-bond donors (Lipinski definition) is 1. The predicted octanol–water partition coefficient (Wildman–Crippen LogP) is 2.62. The highest BCUT2D eigenvalue weighted by atomic mass is 16.3. The Balaban J connectivity index is 1.51. The van der Waals surface area contributed by atoms with Gasteiger partial charge in [-0.1, -0.05) is 42.0 Å². The summed E-state index contributed by atoms with van der Waals surface area (Å²) >= 11 is 0. The van der Waals surface area contributed by atoms with E-state index in [1.165, 1.54) is 17.2 Å². The molecule has 0 saturated carbocycles. The molecule has 1 heterocycles. The molecule has 0 aliphatic carbocycles. The van der Waals surface area contributed by atoms with Crippen molar-refractivity contribution in [3.8, 4) is 5.75 Å². The molecule has 0 spiro atoms. The molecule has 2 amide bonds. The monoisotopic (exact) mass is 352 g/mol. The lowest BCUT2D eigenvalue weighted by atomic mass is 10.1. The van der Waals surface area contributed by atoms with Crippen molar-refractivity contribution in [1.82, 2.24) is 9.80 Å². The predicted molar refractivity (Wildman–Crippen MR) is 100 cm³/mol. The van der Waals surface area contributed by atoms with Crippen LogP contribution in [0.4, 0.5) is 0 Å². The van der Waals surface area contributed by atoms with Crippen molar-refractivity contribution >= 4 is 11.8 Å². The number of benzene rings is 2. The molecular formula is C21H24N2O3. The normalized spacial score (nSPS) is 14.3. The number of aryl methyl sites for hydroxylation is 2. The zero-order valence-electron chi connectivity index (χ0n) is 15.0. The summed E-state index contributed by atoms with van der Waals surface area (Å²) in [7, 11) is 0. The molecule has 2 aromatic rings. The number of piperazine rings is 1. The van der Waals surface area contributed by atoms with Crippen LogP contribution < -0.4 is 0 Å². The Morgan fingerprint density at radius 3 is 2.35 bits per heavy atom. The van der Waals surface area contributed by atoms with Crippen molar-refractivity contribution in [3.05, 3.63) is 65.2 Å². The lowest BCUT2D eigenvalue weighted by molar-refractivity contribution is -0.132. The minimum Gasteiger partial charge on any atom is -0.507 e. The van der Waals surface area contributed by atoms with E-state index in [0.717, 1.165) is 6.42 Å². The number of nitrogens with zero attached hydrogens (tertiary/aromatic N) is 2. The largest absolute Gasteiger partial charge is 0.507 e. The molecular weight excluding hydrogens is 328 g/mol. The van der Waals surface area contributed by atoms with Gasteiger partial charge in [0.1, 0.15) is 5.75 Å². The van der Waals surface area contributed by atoms with Crippen LogP contribution in [-0.2, 0) is 11.2 Å². The van der Waals surface area contributed by atoms with Crippen molar-refractivity contribution in [2.24, 2.45) is 0 Å². The number of para-hydroxylation sites is 1. The summed E-state index contributed by atoms with van der Waals surface area (Å²) in [6.07, 6.45) is 1.22. The Morgan fingerprint density at radius 1 is 0.962 bits per heavy atom. The lowest BCUT2D eigenvalue weighted by Crippen LogP contribution is -2.50. The number of hydrogen-bond acceptors (Lipinski definition) is 3. The van der Waals surface area contributed by atoms with Crippen LogP contribution in [0.2, 0.25) is 0 Å². The maximum absolute atomic E-state index is 12.5. The van der Waals surface area contributed by atoms with Gasteiger partial charge >= 0.3 is 0 Å². The van der Waals surface area contributed by atoms with Gasteiger partial charge in [0.15, 0.2) is 0 Å². The van der Waals surface area contributed by atoms with Crippen LogP contribution in [0.1, 0.15) is 27.9 Å². The van der Waals surface area contributed by atoms with Crippen LogP contribution in [0.25, 0.3) is 0 Å². The van der Waals surface area contributed by atoms with E-state index in [4.69, 9.17) is 0 Å². The molecule has 2 aromatic carbocycles. The highest BCUT2D eigenvalue weighted by Crippen LogP contribution is 2.19. The van der Waals surface area contributed by atoms with E-state index in [-0.39, 0.29) is 17.6 Å². The highest BCUT2D eigenvalue weighted by Gasteiger charge is 2.25. The number of phenolic OH excluding ortho intramolecular Hbond substituents is 1. The van der Waals surface area contributed by atoms with Gasteiger partial charge in [-0.25, -0.2) is 0 Å². The summed E-state index contributed by atoms with van der Waals surface area (Å²) in [6.45, 7) is 4.09. The highest BCUT2D eigenvalue weighted by molar-refractivity contribution is 5.97. The third-order valence-corrected chi connectivity index (χ3v) is 4.76. The first kappa shape index (κ1) is 18.0. The van der Waals surface area contributed by atoms with E-state index < -0.39 is 0 Å². The summed E-state index contributed by atoms with van der Waals surface area (Å²) in [6, 6.07) is 14.8. The third kappa shape index (κ3) is 4.23. The van der Waals surface area contributed by atoms with E-state index in [0.29, 0.717) is 38.2 Å². The van der Waals surface area contributed by atoms with Crippen LogP contribution >= 0.6 is 0 Å². The van der Waals surface area contributed by atoms with E-state index in [2.05, 4.69) is 6.07 Å². The van der Waals surface area contributed by atoms with Gasteiger partial charge in [0.05, 0.1) is 5.56 Å². The Morgan fingerprint density at radius 2 is 1.65 bits per heavy atom. The summed E-state index contributed by atoms with van der Waals surface area (Å²) in [5, 5.41) is 9.84. The van der Waals surface area contributed by atoms with Gasteiger partial charge in [-0.15, -0.1) is 0 Å². The fraction of sp³-hybridized carbons (Fsp3) is 0.333. The number of carbonyl (C=O) groups excluding carboxylic acids is 2. The molecule has 0 aromatic heterocycles. The minimum atomic E-state index is -0.185. The Labute approximate surface area is 153 Å². The van der Waals surface area contributed by atoms with Gasteiger partial charge < -0.3 is 14.9 Å². The maximum atomic E-state index is 12.5. The van der Waals surface area contributed by atoms with Crippen molar-refractivity contribution in [1.29, 1.82) is 0 Å². The van der Waals surface area contributed by atoms with Gasteiger partial charge in [-0.2, -0.15) is 0 Å². The number of rotatable bonds is 4. The minimum absolute atomic E-state index is 0.00541. The number of carbonyl (C=O) groups is 2. The van der Waals surface area contributed by atoms with E-state index >= 15 is 0 Å². The van der Waals surface area contributed by atoms with Gasteiger partial charge in [-0.05, 0) is 31.0 Å². The van der Waals surface area contributed by atoms with E-state index in [9.17, 15) is 14.7 Å². The molecule has 1 saturated heterocycles. The van der Waals surface area contributed by atoms with Crippen molar-refractivity contribution in [3.63, 3.8) is 0 Å². The van der Waals surface area contributed by atoms with Crippen molar-refractivity contribution in [2.75, 3.05) is 26.2 Å². The van der Waals surface area contributed by atoms with Crippen LogP contribution in [-0.4, -0.2) is 52.9 Å².